The van der Waals surface area contributed by atoms with E-state index in [0.29, 0.717) is 12.2 Å². The summed E-state index contributed by atoms with van der Waals surface area (Å²) >= 11 is 3.39. The molecule has 0 unspecified atom stereocenters. The number of carboxylic acids is 1. The van der Waals surface area contributed by atoms with Crippen LogP contribution in [0.1, 0.15) is 36.6 Å². The minimum absolute atomic E-state index is 0.0936. The molecule has 0 saturated heterocycles. The minimum atomic E-state index is -1.01. The summed E-state index contributed by atoms with van der Waals surface area (Å²) in [4.78, 5) is 23.1. The second-order valence-electron chi connectivity index (χ2n) is 5.42. The van der Waals surface area contributed by atoms with E-state index in [-0.39, 0.29) is 24.8 Å². The Balaban J connectivity index is 1.86. The van der Waals surface area contributed by atoms with Crippen LogP contribution in [0.3, 0.4) is 0 Å². The maximum absolute atomic E-state index is 12.4. The van der Waals surface area contributed by atoms with Crippen LogP contribution < -0.4 is 0 Å². The second kappa shape index (κ2) is 7.00. The molecule has 6 nitrogen and oxygen atoms in total. The van der Waals surface area contributed by atoms with Gasteiger partial charge in [-0.15, -0.1) is 0 Å². The minimum Gasteiger partial charge on any atom is -0.481 e. The quantitative estimate of drug-likeness (QED) is 0.845. The fourth-order valence-corrected chi connectivity index (χ4v) is 2.85. The summed E-state index contributed by atoms with van der Waals surface area (Å²) < 4.78 is 6.40. The van der Waals surface area contributed by atoms with Gasteiger partial charge in [-0.2, -0.15) is 5.10 Å². The van der Waals surface area contributed by atoms with Crippen LogP contribution in [0.4, 0.5) is 0 Å². The third kappa shape index (κ3) is 3.56. The Morgan fingerprint density at radius 3 is 2.62 bits per heavy atom. The molecule has 1 N–H and O–H groups in total. The highest BCUT2D eigenvalue weighted by atomic mass is 79.9. The largest absolute Gasteiger partial charge is 0.481 e. The molecule has 7 heteroatoms. The predicted octanol–water partition coefficient (Wildman–Crippen LogP) is 3.58. The van der Waals surface area contributed by atoms with Gasteiger partial charge in [0.1, 0.15) is 11.8 Å². The van der Waals surface area contributed by atoms with Crippen molar-refractivity contribution in [1.29, 1.82) is 0 Å². The zero-order valence-corrected chi connectivity index (χ0v) is 14.3. The Labute approximate surface area is 146 Å². The van der Waals surface area contributed by atoms with E-state index in [9.17, 15) is 9.59 Å². The number of benzene rings is 1. The Bertz CT molecular complexity index is 768. The number of hydrogen-bond donors (Lipinski definition) is 1. The molecular formula is C17H15BrN2O4. The van der Waals surface area contributed by atoms with Gasteiger partial charge < -0.3 is 9.52 Å². The predicted molar refractivity (Wildman–Crippen MR) is 90.5 cm³/mol. The number of carbonyl (C=O) groups is 2. The summed E-state index contributed by atoms with van der Waals surface area (Å²) in [6, 6.07) is 10.9. The molecule has 1 aromatic carbocycles. The molecule has 1 aliphatic heterocycles. The van der Waals surface area contributed by atoms with E-state index in [1.54, 1.807) is 18.4 Å². The summed E-state index contributed by atoms with van der Waals surface area (Å²) in [5, 5.41) is 14.6. The number of halogens is 1. The Morgan fingerprint density at radius 1 is 1.25 bits per heavy atom. The van der Waals surface area contributed by atoms with Crippen LogP contribution in [-0.2, 0) is 9.59 Å². The van der Waals surface area contributed by atoms with Gasteiger partial charge in [0, 0.05) is 17.3 Å². The SMILES string of the molecule is O=C(O)CCC(=O)N1N=C(c2ccc(Br)cc2)C[C@H]1c1ccco1. The van der Waals surface area contributed by atoms with Crippen molar-refractivity contribution in [3.8, 4) is 0 Å². The first-order chi connectivity index (χ1) is 11.5. The Hall–Kier alpha value is -2.41. The number of furan rings is 1. The molecule has 1 aliphatic rings. The number of amides is 1. The van der Waals surface area contributed by atoms with Gasteiger partial charge in [-0.1, -0.05) is 28.1 Å². The van der Waals surface area contributed by atoms with Crippen LogP contribution in [0.5, 0.6) is 0 Å². The lowest BCUT2D eigenvalue weighted by Gasteiger charge is -2.19. The van der Waals surface area contributed by atoms with Gasteiger partial charge in [0.2, 0.25) is 5.91 Å². The average Bonchev–Trinajstić information content (AvgIpc) is 3.22. The van der Waals surface area contributed by atoms with E-state index in [2.05, 4.69) is 21.0 Å². The van der Waals surface area contributed by atoms with E-state index < -0.39 is 5.97 Å². The average molecular weight is 391 g/mol. The van der Waals surface area contributed by atoms with Crippen molar-refractivity contribution in [2.75, 3.05) is 0 Å². The first-order valence-corrected chi connectivity index (χ1v) is 8.24. The number of carboxylic acid groups (broad SMARTS) is 1. The highest BCUT2D eigenvalue weighted by Crippen LogP contribution is 2.33. The maximum atomic E-state index is 12.4. The van der Waals surface area contributed by atoms with Gasteiger partial charge in [-0.05, 0) is 29.8 Å². The van der Waals surface area contributed by atoms with Gasteiger partial charge in [0.25, 0.3) is 0 Å². The van der Waals surface area contributed by atoms with Crippen LogP contribution in [0.15, 0.2) is 56.7 Å². The monoisotopic (exact) mass is 390 g/mol. The van der Waals surface area contributed by atoms with Crippen molar-refractivity contribution >= 4 is 33.5 Å². The van der Waals surface area contributed by atoms with E-state index in [0.717, 1.165) is 15.7 Å². The summed E-state index contributed by atoms with van der Waals surface area (Å²) in [5.41, 5.74) is 1.69. The molecule has 2 heterocycles. The summed E-state index contributed by atoms with van der Waals surface area (Å²) in [6.45, 7) is 0. The topological polar surface area (TPSA) is 83.1 Å². The van der Waals surface area contributed by atoms with Crippen LogP contribution in [0.2, 0.25) is 0 Å². The molecule has 0 spiro atoms. The van der Waals surface area contributed by atoms with Crippen molar-refractivity contribution in [1.82, 2.24) is 5.01 Å². The molecule has 2 aromatic rings. The van der Waals surface area contributed by atoms with Crippen molar-refractivity contribution in [2.45, 2.75) is 25.3 Å². The zero-order chi connectivity index (χ0) is 17.1. The zero-order valence-electron chi connectivity index (χ0n) is 12.7. The molecule has 0 saturated carbocycles. The molecule has 124 valence electrons. The molecule has 0 fully saturated rings. The maximum Gasteiger partial charge on any atom is 0.303 e. The molecule has 3 rings (SSSR count). The van der Waals surface area contributed by atoms with Crippen molar-refractivity contribution in [3.63, 3.8) is 0 Å². The lowest BCUT2D eigenvalue weighted by molar-refractivity contribution is -0.141. The number of hydrazone groups is 1. The van der Waals surface area contributed by atoms with Gasteiger partial charge in [-0.3, -0.25) is 9.59 Å². The number of rotatable bonds is 5. The molecule has 1 aromatic heterocycles. The first kappa shape index (κ1) is 16.4. The molecule has 1 amide bonds. The van der Waals surface area contributed by atoms with Crippen LogP contribution in [0, 0.1) is 0 Å². The lowest BCUT2D eigenvalue weighted by Crippen LogP contribution is -2.27. The fraction of sp³-hybridized carbons (Fsp3) is 0.235. The van der Waals surface area contributed by atoms with Crippen LogP contribution in [0.25, 0.3) is 0 Å². The molecule has 1 atom stereocenters. The van der Waals surface area contributed by atoms with Crippen LogP contribution in [-0.4, -0.2) is 27.7 Å². The number of nitrogens with zero attached hydrogens (tertiary/aromatic N) is 2. The Kier molecular flexibility index (Phi) is 4.80. The first-order valence-electron chi connectivity index (χ1n) is 7.45. The third-order valence-corrected chi connectivity index (χ3v) is 4.30. The van der Waals surface area contributed by atoms with Crippen molar-refractivity contribution < 1.29 is 19.1 Å². The number of carbonyl (C=O) groups excluding carboxylic acids is 1. The number of hydrogen-bond acceptors (Lipinski definition) is 4. The number of aliphatic carboxylic acids is 1. The third-order valence-electron chi connectivity index (χ3n) is 3.77. The lowest BCUT2D eigenvalue weighted by atomic mass is 10.0. The van der Waals surface area contributed by atoms with E-state index >= 15 is 0 Å². The molecule has 0 aliphatic carbocycles. The summed E-state index contributed by atoms with van der Waals surface area (Å²) in [6.07, 6.45) is 1.76. The van der Waals surface area contributed by atoms with E-state index in [4.69, 9.17) is 9.52 Å². The van der Waals surface area contributed by atoms with Gasteiger partial charge in [-0.25, -0.2) is 5.01 Å². The molecule has 24 heavy (non-hydrogen) atoms. The Morgan fingerprint density at radius 2 is 2.00 bits per heavy atom. The standard InChI is InChI=1S/C17H15BrN2O4/c18-12-5-3-11(4-6-12)13-10-14(15-2-1-9-24-15)20(19-13)16(21)7-8-17(22)23/h1-6,9,14H,7-8,10H2,(H,22,23)/t14-/m0/s1. The van der Waals surface area contributed by atoms with Gasteiger partial charge in [0.15, 0.2) is 0 Å². The molecule has 0 radical (unpaired) electrons. The summed E-state index contributed by atoms with van der Waals surface area (Å²) in [5.74, 6) is -0.699. The van der Waals surface area contributed by atoms with Crippen molar-refractivity contribution in [2.24, 2.45) is 5.10 Å². The van der Waals surface area contributed by atoms with Gasteiger partial charge >= 0.3 is 5.97 Å². The normalized spacial score (nSPS) is 17.0. The highest BCUT2D eigenvalue weighted by molar-refractivity contribution is 9.10. The van der Waals surface area contributed by atoms with Crippen molar-refractivity contribution in [3.05, 3.63) is 58.5 Å². The van der Waals surface area contributed by atoms with E-state index in [1.165, 1.54) is 5.01 Å². The molecule has 0 bridgehead atoms. The van der Waals surface area contributed by atoms with Crippen LogP contribution >= 0.6 is 15.9 Å². The highest BCUT2D eigenvalue weighted by Gasteiger charge is 2.34. The fourth-order valence-electron chi connectivity index (χ4n) is 2.59. The summed E-state index contributed by atoms with van der Waals surface area (Å²) in [7, 11) is 0. The second-order valence-corrected chi connectivity index (χ2v) is 6.34. The molecular weight excluding hydrogens is 376 g/mol. The smallest absolute Gasteiger partial charge is 0.303 e. The van der Waals surface area contributed by atoms with Gasteiger partial charge in [0.05, 0.1) is 18.4 Å². The van der Waals surface area contributed by atoms with E-state index in [1.807, 2.05) is 24.3 Å².